The van der Waals surface area contributed by atoms with Crippen LogP contribution in [0.5, 0.6) is 0 Å². The fourth-order valence-electron chi connectivity index (χ4n) is 1.98. The van der Waals surface area contributed by atoms with Gasteiger partial charge < -0.3 is 10.4 Å². The van der Waals surface area contributed by atoms with E-state index in [-0.39, 0.29) is 24.3 Å². The first-order valence-electron chi connectivity index (χ1n) is 6.99. The van der Waals surface area contributed by atoms with Gasteiger partial charge >= 0.3 is 12.0 Å². The van der Waals surface area contributed by atoms with E-state index < -0.39 is 5.97 Å². The summed E-state index contributed by atoms with van der Waals surface area (Å²) >= 11 is 0. The average molecular weight is 296 g/mol. The molecule has 0 aliphatic heterocycles. The summed E-state index contributed by atoms with van der Waals surface area (Å²) in [5, 5.41) is 11.4. The molecule has 0 aliphatic carbocycles. The normalized spacial score (nSPS) is 11.8. The van der Waals surface area contributed by atoms with Crippen LogP contribution in [0.25, 0.3) is 0 Å². The molecule has 21 heavy (non-hydrogen) atoms. The number of halogens is 1. The molecule has 2 N–H and O–H groups in total. The highest BCUT2D eigenvalue weighted by Crippen LogP contribution is 2.15. The van der Waals surface area contributed by atoms with Crippen LogP contribution in [0.15, 0.2) is 24.3 Å². The number of carboxylic acid groups (broad SMARTS) is 1. The number of carbonyl (C=O) groups excluding carboxylic acids is 1. The summed E-state index contributed by atoms with van der Waals surface area (Å²) in [6, 6.07) is 5.32. The van der Waals surface area contributed by atoms with E-state index in [2.05, 4.69) is 5.32 Å². The summed E-state index contributed by atoms with van der Waals surface area (Å²) in [5.74, 6) is -1.19. The van der Waals surface area contributed by atoms with Crippen molar-refractivity contribution < 1.29 is 19.1 Å². The van der Waals surface area contributed by atoms with Gasteiger partial charge in [-0.1, -0.05) is 0 Å². The second-order valence-electron chi connectivity index (χ2n) is 4.86. The molecule has 2 amide bonds. The summed E-state index contributed by atoms with van der Waals surface area (Å²) in [4.78, 5) is 24.1. The lowest BCUT2D eigenvalue weighted by Gasteiger charge is -2.24. The van der Waals surface area contributed by atoms with Crippen LogP contribution in [0.2, 0.25) is 0 Å². The van der Waals surface area contributed by atoms with Crippen molar-refractivity contribution >= 4 is 17.7 Å². The van der Waals surface area contributed by atoms with Crippen molar-refractivity contribution in [3.8, 4) is 0 Å². The van der Waals surface area contributed by atoms with Crippen molar-refractivity contribution in [3.63, 3.8) is 0 Å². The Balaban J connectivity index is 2.55. The van der Waals surface area contributed by atoms with Gasteiger partial charge in [-0.25, -0.2) is 9.18 Å². The zero-order valence-electron chi connectivity index (χ0n) is 12.3. The number of benzene rings is 1. The number of anilines is 1. The van der Waals surface area contributed by atoms with Gasteiger partial charge in [0.1, 0.15) is 5.82 Å². The van der Waals surface area contributed by atoms with Crippen LogP contribution in [0.4, 0.5) is 14.9 Å². The molecule has 0 heterocycles. The number of rotatable bonds is 7. The summed E-state index contributed by atoms with van der Waals surface area (Å²) in [5.41, 5.74) is 0.620. The predicted molar refractivity (Wildman–Crippen MR) is 78.9 cm³/mol. The van der Waals surface area contributed by atoms with Crippen molar-refractivity contribution in [2.75, 3.05) is 11.4 Å². The van der Waals surface area contributed by atoms with Gasteiger partial charge in [-0.05, 0) is 51.0 Å². The van der Waals surface area contributed by atoms with E-state index in [0.29, 0.717) is 25.1 Å². The topological polar surface area (TPSA) is 69.6 Å². The molecule has 116 valence electrons. The molecule has 0 radical (unpaired) electrons. The Morgan fingerprint density at radius 1 is 1.33 bits per heavy atom. The largest absolute Gasteiger partial charge is 0.481 e. The lowest BCUT2D eigenvalue weighted by Crippen LogP contribution is -2.44. The molecule has 0 saturated heterocycles. The minimum Gasteiger partial charge on any atom is -0.481 e. The fraction of sp³-hybridized carbons (Fsp3) is 0.467. The van der Waals surface area contributed by atoms with Gasteiger partial charge in [0.15, 0.2) is 0 Å². The smallest absolute Gasteiger partial charge is 0.322 e. The summed E-state index contributed by atoms with van der Waals surface area (Å²) in [7, 11) is 0. The summed E-state index contributed by atoms with van der Waals surface area (Å²) in [6.45, 7) is 4.12. The minimum atomic E-state index is -0.838. The number of nitrogens with one attached hydrogen (secondary N) is 1. The number of urea groups is 1. The highest BCUT2D eigenvalue weighted by Gasteiger charge is 2.16. The number of carboxylic acids is 1. The Bertz CT molecular complexity index is 476. The first kappa shape index (κ1) is 16.9. The molecule has 6 heteroatoms. The van der Waals surface area contributed by atoms with Crippen LogP contribution < -0.4 is 10.2 Å². The molecule has 0 saturated carbocycles. The maximum Gasteiger partial charge on any atom is 0.322 e. The Morgan fingerprint density at radius 3 is 2.48 bits per heavy atom. The Labute approximate surface area is 123 Å². The monoisotopic (exact) mass is 296 g/mol. The van der Waals surface area contributed by atoms with E-state index in [9.17, 15) is 14.0 Å². The fourth-order valence-corrected chi connectivity index (χ4v) is 1.98. The predicted octanol–water partition coefficient (Wildman–Crippen LogP) is 3.01. The van der Waals surface area contributed by atoms with E-state index in [0.717, 1.165) is 0 Å². The van der Waals surface area contributed by atoms with E-state index in [1.807, 2.05) is 13.8 Å². The summed E-state index contributed by atoms with van der Waals surface area (Å²) < 4.78 is 12.9. The Hall–Kier alpha value is -2.11. The molecule has 5 nitrogen and oxygen atoms in total. The molecule has 1 rings (SSSR count). The molecule has 1 aromatic carbocycles. The van der Waals surface area contributed by atoms with Gasteiger partial charge in [-0.3, -0.25) is 9.69 Å². The lowest BCUT2D eigenvalue weighted by atomic mass is 10.1. The van der Waals surface area contributed by atoms with Crippen molar-refractivity contribution in [2.45, 2.75) is 39.2 Å². The lowest BCUT2D eigenvalue weighted by molar-refractivity contribution is -0.137. The van der Waals surface area contributed by atoms with Gasteiger partial charge in [0.25, 0.3) is 0 Å². The Kier molecular flexibility index (Phi) is 6.65. The molecule has 1 atom stereocenters. The zero-order valence-corrected chi connectivity index (χ0v) is 12.3. The third-order valence-corrected chi connectivity index (χ3v) is 3.10. The standard InChI is InChI=1S/C15H21FN2O3/c1-3-18(13-9-7-12(16)8-10-13)15(21)17-11(2)5-4-6-14(19)20/h7-11H,3-6H2,1-2H3,(H,17,21)(H,19,20). The van der Waals surface area contributed by atoms with Crippen LogP contribution in [-0.2, 0) is 4.79 Å². The average Bonchev–Trinajstić information content (AvgIpc) is 2.41. The highest BCUT2D eigenvalue weighted by atomic mass is 19.1. The molecular formula is C15H21FN2O3. The molecule has 0 spiro atoms. The Morgan fingerprint density at radius 2 is 1.95 bits per heavy atom. The number of hydrogen-bond donors (Lipinski definition) is 2. The number of aliphatic carboxylic acids is 1. The van der Waals surface area contributed by atoms with Crippen molar-refractivity contribution in [1.82, 2.24) is 5.32 Å². The summed E-state index contributed by atoms with van der Waals surface area (Å²) in [6.07, 6.45) is 1.20. The van der Waals surface area contributed by atoms with Crippen molar-refractivity contribution in [2.24, 2.45) is 0 Å². The number of carbonyl (C=O) groups is 2. The maximum absolute atomic E-state index is 12.9. The molecule has 0 fully saturated rings. The first-order valence-corrected chi connectivity index (χ1v) is 6.99. The number of amides is 2. The van der Waals surface area contributed by atoms with Gasteiger partial charge in [-0.2, -0.15) is 0 Å². The van der Waals surface area contributed by atoms with Crippen molar-refractivity contribution in [3.05, 3.63) is 30.1 Å². The van der Waals surface area contributed by atoms with Gasteiger partial charge in [-0.15, -0.1) is 0 Å². The second kappa shape index (κ2) is 8.24. The number of hydrogen-bond acceptors (Lipinski definition) is 2. The van der Waals surface area contributed by atoms with E-state index in [1.54, 1.807) is 12.1 Å². The van der Waals surface area contributed by atoms with Crippen molar-refractivity contribution in [1.29, 1.82) is 0 Å². The third-order valence-electron chi connectivity index (χ3n) is 3.10. The van der Waals surface area contributed by atoms with Crippen LogP contribution in [0, 0.1) is 5.82 Å². The van der Waals surface area contributed by atoms with Crippen LogP contribution in [0.1, 0.15) is 33.1 Å². The van der Waals surface area contributed by atoms with E-state index >= 15 is 0 Å². The van der Waals surface area contributed by atoms with Crippen LogP contribution in [0.3, 0.4) is 0 Å². The number of nitrogens with zero attached hydrogens (tertiary/aromatic N) is 1. The molecule has 1 aromatic rings. The van der Waals surface area contributed by atoms with Crippen LogP contribution >= 0.6 is 0 Å². The first-order chi connectivity index (χ1) is 9.93. The molecule has 0 bridgehead atoms. The van der Waals surface area contributed by atoms with Gasteiger partial charge in [0, 0.05) is 24.7 Å². The molecule has 0 aromatic heterocycles. The van der Waals surface area contributed by atoms with Gasteiger partial charge in [0.05, 0.1) is 0 Å². The van der Waals surface area contributed by atoms with E-state index in [1.165, 1.54) is 17.0 Å². The molecular weight excluding hydrogens is 275 g/mol. The van der Waals surface area contributed by atoms with Crippen LogP contribution in [-0.4, -0.2) is 29.7 Å². The minimum absolute atomic E-state index is 0.0929. The SMILES string of the molecule is CCN(C(=O)NC(C)CCCC(=O)O)c1ccc(F)cc1. The quantitative estimate of drug-likeness (QED) is 0.812. The molecule has 1 unspecified atom stereocenters. The second-order valence-corrected chi connectivity index (χ2v) is 4.86. The highest BCUT2D eigenvalue weighted by molar-refractivity contribution is 5.92. The zero-order chi connectivity index (χ0) is 15.8. The third kappa shape index (κ3) is 5.81. The molecule has 0 aliphatic rings. The van der Waals surface area contributed by atoms with E-state index in [4.69, 9.17) is 5.11 Å². The van der Waals surface area contributed by atoms with Gasteiger partial charge in [0.2, 0.25) is 0 Å². The maximum atomic E-state index is 12.9.